The van der Waals surface area contributed by atoms with Crippen LogP contribution in [0.5, 0.6) is 0 Å². The number of carbonyl (C=O) groups is 3. The van der Waals surface area contributed by atoms with Gasteiger partial charge in [-0.25, -0.2) is 9.59 Å². The smallest absolute Gasteiger partial charge is 0.347 e. The number of ether oxygens (including phenoxy) is 4. The number of carbonyl (C=O) groups excluding carboxylic acids is 2. The Morgan fingerprint density at radius 2 is 1.65 bits per heavy atom. The Labute approximate surface area is 135 Å². The molecule has 0 bridgehead atoms. The molecule has 0 saturated heterocycles. The van der Waals surface area contributed by atoms with Crippen LogP contribution in [-0.4, -0.2) is 62.2 Å². The van der Waals surface area contributed by atoms with Gasteiger partial charge in [0.1, 0.15) is 6.61 Å². The van der Waals surface area contributed by atoms with Gasteiger partial charge in [0.2, 0.25) is 6.10 Å². The Kier molecular flexibility index (Phi) is 11.5. The normalized spacial score (nSPS) is 11.6. The number of carboxylic acids is 1. The second kappa shape index (κ2) is 12.6. The van der Waals surface area contributed by atoms with Crippen LogP contribution in [0.4, 0.5) is 0 Å². The largest absolute Gasteiger partial charge is 0.481 e. The number of hydrogen-bond acceptors (Lipinski definition) is 7. The van der Waals surface area contributed by atoms with E-state index in [1.165, 1.54) is 0 Å². The molecule has 0 amide bonds. The van der Waals surface area contributed by atoms with Crippen LogP contribution in [0.1, 0.15) is 26.7 Å². The summed E-state index contributed by atoms with van der Waals surface area (Å²) in [4.78, 5) is 34.2. The van der Waals surface area contributed by atoms with E-state index >= 15 is 0 Å². The molecule has 0 aromatic rings. The van der Waals surface area contributed by atoms with Crippen LogP contribution in [0.15, 0.2) is 12.2 Å². The first-order valence-electron chi connectivity index (χ1n) is 7.35. The molecule has 0 saturated carbocycles. The fraction of sp³-hybridized carbons (Fsp3) is 0.667. The molecular weight excluding hydrogens is 308 g/mol. The van der Waals surface area contributed by atoms with Crippen molar-refractivity contribution in [2.75, 3.05) is 33.0 Å². The van der Waals surface area contributed by atoms with Crippen molar-refractivity contribution in [1.29, 1.82) is 0 Å². The van der Waals surface area contributed by atoms with Crippen molar-refractivity contribution < 1.29 is 38.4 Å². The van der Waals surface area contributed by atoms with Crippen molar-refractivity contribution in [2.24, 2.45) is 0 Å². The highest BCUT2D eigenvalue weighted by Gasteiger charge is 2.26. The van der Waals surface area contributed by atoms with Gasteiger partial charge in [-0.2, -0.15) is 0 Å². The predicted octanol–water partition coefficient (Wildman–Crippen LogP) is 0.935. The van der Waals surface area contributed by atoms with E-state index in [1.807, 2.05) is 6.92 Å². The van der Waals surface area contributed by atoms with Crippen molar-refractivity contribution in [1.82, 2.24) is 0 Å². The maximum Gasteiger partial charge on any atom is 0.347 e. The lowest BCUT2D eigenvalue weighted by Gasteiger charge is -2.17. The molecule has 0 aliphatic carbocycles. The Morgan fingerprint density at radius 1 is 1.04 bits per heavy atom. The number of esters is 2. The van der Waals surface area contributed by atoms with Gasteiger partial charge >= 0.3 is 17.9 Å². The SMILES string of the molecule is C=C(CC(=O)O)C(=O)OC(CCOCC)C(=O)OCCOCC. The number of rotatable bonds is 13. The van der Waals surface area contributed by atoms with E-state index in [1.54, 1.807) is 6.92 Å². The van der Waals surface area contributed by atoms with Crippen LogP contribution in [0.25, 0.3) is 0 Å². The average Bonchev–Trinajstić information content (AvgIpc) is 2.49. The first-order chi connectivity index (χ1) is 10.9. The van der Waals surface area contributed by atoms with Gasteiger partial charge in [0.15, 0.2) is 0 Å². The molecule has 0 fully saturated rings. The second-order valence-corrected chi connectivity index (χ2v) is 4.42. The van der Waals surface area contributed by atoms with Gasteiger partial charge in [-0.3, -0.25) is 4.79 Å². The van der Waals surface area contributed by atoms with Crippen LogP contribution in [0, 0.1) is 0 Å². The Balaban J connectivity index is 4.53. The van der Waals surface area contributed by atoms with Gasteiger partial charge in [0.25, 0.3) is 0 Å². The fourth-order valence-corrected chi connectivity index (χ4v) is 1.47. The molecule has 1 atom stereocenters. The molecule has 0 rings (SSSR count). The minimum absolute atomic E-state index is 0.0332. The molecule has 132 valence electrons. The summed E-state index contributed by atoms with van der Waals surface area (Å²) in [5.74, 6) is -2.89. The van der Waals surface area contributed by atoms with Gasteiger partial charge < -0.3 is 24.1 Å². The summed E-state index contributed by atoms with van der Waals surface area (Å²) in [5.41, 5.74) is -0.249. The summed E-state index contributed by atoms with van der Waals surface area (Å²) in [6, 6.07) is 0. The van der Waals surface area contributed by atoms with Gasteiger partial charge in [-0.15, -0.1) is 0 Å². The topological polar surface area (TPSA) is 108 Å². The highest BCUT2D eigenvalue weighted by molar-refractivity contribution is 5.94. The Hall–Kier alpha value is -1.93. The third kappa shape index (κ3) is 10.4. The standard InChI is InChI=1S/C15H24O8/c1-4-20-7-6-12(15(19)22-9-8-21-5-2)23-14(18)11(3)10-13(16)17/h12H,3-10H2,1-2H3,(H,16,17). The molecular formula is C15H24O8. The van der Waals surface area contributed by atoms with E-state index in [0.29, 0.717) is 13.2 Å². The number of hydrogen-bond donors (Lipinski definition) is 1. The number of carboxylic acid groups (broad SMARTS) is 1. The molecule has 1 unspecified atom stereocenters. The van der Waals surface area contributed by atoms with Crippen LogP contribution < -0.4 is 0 Å². The van der Waals surface area contributed by atoms with E-state index in [9.17, 15) is 14.4 Å². The first-order valence-corrected chi connectivity index (χ1v) is 7.35. The lowest BCUT2D eigenvalue weighted by Crippen LogP contribution is -2.32. The first kappa shape index (κ1) is 21.1. The molecule has 0 spiro atoms. The van der Waals surface area contributed by atoms with Crippen LogP contribution in [0.3, 0.4) is 0 Å². The minimum atomic E-state index is -1.21. The lowest BCUT2D eigenvalue weighted by molar-refractivity contribution is -0.168. The van der Waals surface area contributed by atoms with Crippen molar-refractivity contribution in [3.8, 4) is 0 Å². The van der Waals surface area contributed by atoms with E-state index in [4.69, 9.17) is 24.1 Å². The second-order valence-electron chi connectivity index (χ2n) is 4.42. The highest BCUT2D eigenvalue weighted by Crippen LogP contribution is 2.09. The summed E-state index contributed by atoms with van der Waals surface area (Å²) in [5, 5.41) is 8.62. The summed E-state index contributed by atoms with van der Waals surface area (Å²) in [7, 11) is 0. The highest BCUT2D eigenvalue weighted by atomic mass is 16.6. The van der Waals surface area contributed by atoms with Crippen LogP contribution >= 0.6 is 0 Å². The summed E-state index contributed by atoms with van der Waals surface area (Å²) < 4.78 is 20.1. The Morgan fingerprint density at radius 3 is 2.22 bits per heavy atom. The zero-order valence-corrected chi connectivity index (χ0v) is 13.5. The molecule has 23 heavy (non-hydrogen) atoms. The quantitative estimate of drug-likeness (QED) is 0.301. The third-order valence-corrected chi connectivity index (χ3v) is 2.57. The lowest BCUT2D eigenvalue weighted by atomic mass is 10.2. The maximum atomic E-state index is 11.9. The Bertz CT molecular complexity index is 404. The van der Waals surface area contributed by atoms with E-state index in [-0.39, 0.29) is 31.8 Å². The summed E-state index contributed by atoms with van der Waals surface area (Å²) in [6.07, 6.45) is -1.63. The molecule has 0 aliphatic heterocycles. The van der Waals surface area contributed by atoms with Gasteiger partial charge in [-0.1, -0.05) is 6.58 Å². The van der Waals surface area contributed by atoms with Crippen molar-refractivity contribution in [2.45, 2.75) is 32.8 Å². The summed E-state index contributed by atoms with van der Waals surface area (Å²) in [6.45, 7) is 8.34. The average molecular weight is 332 g/mol. The molecule has 8 heteroatoms. The van der Waals surface area contributed by atoms with E-state index in [2.05, 4.69) is 6.58 Å². The molecule has 0 aromatic heterocycles. The van der Waals surface area contributed by atoms with Crippen molar-refractivity contribution in [3.05, 3.63) is 12.2 Å². The zero-order valence-electron chi connectivity index (χ0n) is 13.5. The third-order valence-electron chi connectivity index (χ3n) is 2.57. The molecule has 0 heterocycles. The van der Waals surface area contributed by atoms with Crippen LogP contribution in [-0.2, 0) is 33.3 Å². The number of aliphatic carboxylic acids is 1. The van der Waals surface area contributed by atoms with Crippen molar-refractivity contribution >= 4 is 17.9 Å². The molecule has 0 aliphatic rings. The van der Waals surface area contributed by atoms with E-state index in [0.717, 1.165) is 0 Å². The molecule has 0 radical (unpaired) electrons. The predicted molar refractivity (Wildman–Crippen MR) is 79.8 cm³/mol. The molecule has 0 aromatic carbocycles. The summed E-state index contributed by atoms with van der Waals surface area (Å²) >= 11 is 0. The van der Waals surface area contributed by atoms with Gasteiger partial charge in [-0.05, 0) is 13.8 Å². The molecule has 1 N–H and O–H groups in total. The van der Waals surface area contributed by atoms with Gasteiger partial charge in [0.05, 0.1) is 19.6 Å². The minimum Gasteiger partial charge on any atom is -0.481 e. The maximum absolute atomic E-state index is 11.9. The van der Waals surface area contributed by atoms with Gasteiger partial charge in [0, 0.05) is 25.2 Å². The van der Waals surface area contributed by atoms with E-state index < -0.39 is 30.4 Å². The van der Waals surface area contributed by atoms with Crippen LogP contribution in [0.2, 0.25) is 0 Å². The molecule has 8 nitrogen and oxygen atoms in total. The zero-order chi connectivity index (χ0) is 17.7. The van der Waals surface area contributed by atoms with Crippen molar-refractivity contribution in [3.63, 3.8) is 0 Å². The fourth-order valence-electron chi connectivity index (χ4n) is 1.47. The monoisotopic (exact) mass is 332 g/mol.